The van der Waals surface area contributed by atoms with E-state index in [1.54, 1.807) is 17.2 Å². The molecular weight excluding hydrogens is 136 g/mol. The number of hydrogen-bond acceptors (Lipinski definition) is 2. The van der Waals surface area contributed by atoms with Crippen LogP contribution in [0.2, 0.25) is 0 Å². The summed E-state index contributed by atoms with van der Waals surface area (Å²) in [7, 11) is 0. The van der Waals surface area contributed by atoms with Gasteiger partial charge in [-0.25, -0.2) is 4.79 Å². The minimum atomic E-state index is -0.762. The average molecular weight is 144 g/mol. The standard InChI is InChI=1S/C6H8O2S/c7-6(8)5-2-1-3-9-4-5/h4H,1-3H2,(H,7,8). The zero-order valence-corrected chi connectivity index (χ0v) is 5.78. The molecule has 1 aliphatic heterocycles. The van der Waals surface area contributed by atoms with E-state index in [4.69, 9.17) is 5.11 Å². The molecule has 1 rings (SSSR count). The third-order valence-electron chi connectivity index (χ3n) is 1.21. The third-order valence-corrected chi connectivity index (χ3v) is 2.18. The maximum Gasteiger partial charge on any atom is 0.332 e. The van der Waals surface area contributed by atoms with E-state index in [1.807, 2.05) is 0 Å². The van der Waals surface area contributed by atoms with Gasteiger partial charge in [-0.05, 0) is 24.0 Å². The number of carbonyl (C=O) groups is 1. The fourth-order valence-electron chi connectivity index (χ4n) is 0.722. The highest BCUT2D eigenvalue weighted by Gasteiger charge is 2.09. The summed E-state index contributed by atoms with van der Waals surface area (Å²) in [6.07, 6.45) is 1.74. The number of carboxylic acid groups (broad SMARTS) is 1. The molecule has 0 bridgehead atoms. The number of carboxylic acids is 1. The summed E-state index contributed by atoms with van der Waals surface area (Å²) in [4.78, 5) is 10.3. The van der Waals surface area contributed by atoms with Crippen molar-refractivity contribution in [1.29, 1.82) is 0 Å². The molecule has 2 nitrogen and oxygen atoms in total. The molecule has 0 fully saturated rings. The Labute approximate surface area is 57.9 Å². The molecule has 0 saturated carbocycles. The van der Waals surface area contributed by atoms with Gasteiger partial charge in [-0.1, -0.05) is 0 Å². The molecule has 0 spiro atoms. The van der Waals surface area contributed by atoms with Crippen molar-refractivity contribution < 1.29 is 9.90 Å². The molecule has 0 aromatic rings. The molecule has 0 aromatic heterocycles. The summed E-state index contributed by atoms with van der Waals surface area (Å²) < 4.78 is 0. The first-order chi connectivity index (χ1) is 4.30. The van der Waals surface area contributed by atoms with Crippen LogP contribution in [0.3, 0.4) is 0 Å². The van der Waals surface area contributed by atoms with Crippen molar-refractivity contribution in [2.45, 2.75) is 12.8 Å². The van der Waals surface area contributed by atoms with Gasteiger partial charge >= 0.3 is 5.97 Å². The molecule has 0 amide bonds. The maximum absolute atomic E-state index is 10.3. The topological polar surface area (TPSA) is 37.3 Å². The van der Waals surface area contributed by atoms with Crippen molar-refractivity contribution >= 4 is 17.7 Å². The van der Waals surface area contributed by atoms with Crippen molar-refractivity contribution in [2.24, 2.45) is 0 Å². The van der Waals surface area contributed by atoms with Crippen LogP contribution in [0.4, 0.5) is 0 Å². The van der Waals surface area contributed by atoms with Crippen LogP contribution >= 0.6 is 11.8 Å². The smallest absolute Gasteiger partial charge is 0.332 e. The summed E-state index contributed by atoms with van der Waals surface area (Å²) in [5.41, 5.74) is 0.561. The Morgan fingerprint density at radius 2 is 2.56 bits per heavy atom. The third kappa shape index (κ3) is 1.75. The SMILES string of the molecule is O=C(O)C1=CSCCC1. The van der Waals surface area contributed by atoms with Gasteiger partial charge in [0.15, 0.2) is 0 Å². The average Bonchev–Trinajstić information content (AvgIpc) is 1.90. The maximum atomic E-state index is 10.3. The molecule has 0 radical (unpaired) electrons. The van der Waals surface area contributed by atoms with E-state index in [0.717, 1.165) is 18.6 Å². The first-order valence-electron chi connectivity index (χ1n) is 2.84. The lowest BCUT2D eigenvalue weighted by atomic mass is 10.2. The van der Waals surface area contributed by atoms with E-state index in [2.05, 4.69) is 0 Å². The van der Waals surface area contributed by atoms with Crippen LogP contribution < -0.4 is 0 Å². The second kappa shape index (κ2) is 2.92. The largest absolute Gasteiger partial charge is 0.478 e. The first kappa shape index (κ1) is 6.68. The summed E-state index contributed by atoms with van der Waals surface area (Å²) in [6.45, 7) is 0. The molecule has 0 saturated heterocycles. The zero-order valence-electron chi connectivity index (χ0n) is 4.96. The summed E-state index contributed by atoms with van der Waals surface area (Å²) >= 11 is 1.59. The van der Waals surface area contributed by atoms with Crippen LogP contribution in [0.1, 0.15) is 12.8 Å². The van der Waals surface area contributed by atoms with Gasteiger partial charge in [0.1, 0.15) is 0 Å². The van der Waals surface area contributed by atoms with Gasteiger partial charge < -0.3 is 5.11 Å². The molecular formula is C6H8O2S. The first-order valence-corrected chi connectivity index (χ1v) is 3.89. The molecule has 50 valence electrons. The second-order valence-electron chi connectivity index (χ2n) is 1.92. The molecule has 0 aliphatic carbocycles. The Bertz CT molecular complexity index is 151. The van der Waals surface area contributed by atoms with Crippen LogP contribution in [0.5, 0.6) is 0 Å². The van der Waals surface area contributed by atoms with Crippen molar-refractivity contribution in [3.05, 3.63) is 11.0 Å². The Hall–Kier alpha value is -0.440. The highest BCUT2D eigenvalue weighted by molar-refractivity contribution is 8.02. The highest BCUT2D eigenvalue weighted by Crippen LogP contribution is 2.20. The fourth-order valence-corrected chi connectivity index (χ4v) is 1.57. The summed E-state index contributed by atoms with van der Waals surface area (Å²) in [6, 6.07) is 0. The predicted molar refractivity (Wildman–Crippen MR) is 37.4 cm³/mol. The lowest BCUT2D eigenvalue weighted by Gasteiger charge is -2.06. The van der Waals surface area contributed by atoms with Gasteiger partial charge in [0.05, 0.1) is 0 Å². The van der Waals surface area contributed by atoms with E-state index in [1.165, 1.54) is 0 Å². The molecule has 1 aliphatic rings. The van der Waals surface area contributed by atoms with Crippen molar-refractivity contribution in [1.82, 2.24) is 0 Å². The van der Waals surface area contributed by atoms with E-state index < -0.39 is 5.97 Å². The lowest BCUT2D eigenvalue weighted by Crippen LogP contribution is -2.03. The molecule has 0 atom stereocenters. The molecule has 9 heavy (non-hydrogen) atoms. The Morgan fingerprint density at radius 1 is 1.78 bits per heavy atom. The number of rotatable bonds is 1. The molecule has 1 heterocycles. The number of thioether (sulfide) groups is 1. The molecule has 0 aromatic carbocycles. The van der Waals surface area contributed by atoms with E-state index in [9.17, 15) is 4.79 Å². The van der Waals surface area contributed by atoms with Gasteiger partial charge in [0, 0.05) is 5.57 Å². The van der Waals surface area contributed by atoms with Crippen LogP contribution in [-0.4, -0.2) is 16.8 Å². The van der Waals surface area contributed by atoms with Gasteiger partial charge in [-0.2, -0.15) is 0 Å². The highest BCUT2D eigenvalue weighted by atomic mass is 32.2. The quantitative estimate of drug-likeness (QED) is 0.605. The molecule has 3 heteroatoms. The van der Waals surface area contributed by atoms with Crippen molar-refractivity contribution in [2.75, 3.05) is 5.75 Å². The lowest BCUT2D eigenvalue weighted by molar-refractivity contribution is -0.132. The summed E-state index contributed by atoms with van der Waals surface area (Å²) in [5, 5.41) is 10.2. The van der Waals surface area contributed by atoms with Crippen molar-refractivity contribution in [3.63, 3.8) is 0 Å². The Kier molecular flexibility index (Phi) is 2.16. The van der Waals surface area contributed by atoms with Gasteiger partial charge in [0.2, 0.25) is 0 Å². The zero-order chi connectivity index (χ0) is 6.69. The van der Waals surface area contributed by atoms with Crippen LogP contribution in [0.25, 0.3) is 0 Å². The Morgan fingerprint density at radius 3 is 2.89 bits per heavy atom. The second-order valence-corrected chi connectivity index (χ2v) is 2.90. The van der Waals surface area contributed by atoms with Crippen LogP contribution in [-0.2, 0) is 4.79 Å². The predicted octanol–water partition coefficient (Wildman–Crippen LogP) is 1.48. The van der Waals surface area contributed by atoms with E-state index in [-0.39, 0.29) is 0 Å². The van der Waals surface area contributed by atoms with E-state index in [0.29, 0.717) is 5.57 Å². The fraction of sp³-hybridized carbons (Fsp3) is 0.500. The Balaban J connectivity index is 2.57. The monoisotopic (exact) mass is 144 g/mol. The number of aliphatic carboxylic acids is 1. The van der Waals surface area contributed by atoms with Crippen molar-refractivity contribution in [3.8, 4) is 0 Å². The van der Waals surface area contributed by atoms with Crippen LogP contribution in [0.15, 0.2) is 11.0 Å². The van der Waals surface area contributed by atoms with E-state index >= 15 is 0 Å². The van der Waals surface area contributed by atoms with Gasteiger partial charge in [-0.15, -0.1) is 11.8 Å². The summed E-state index contributed by atoms with van der Waals surface area (Å²) in [5.74, 6) is 0.304. The normalized spacial score (nSPS) is 18.9. The van der Waals surface area contributed by atoms with Gasteiger partial charge in [0.25, 0.3) is 0 Å². The van der Waals surface area contributed by atoms with Gasteiger partial charge in [-0.3, -0.25) is 0 Å². The van der Waals surface area contributed by atoms with Crippen LogP contribution in [0, 0.1) is 0 Å². The minimum absolute atomic E-state index is 0.561. The number of hydrogen-bond donors (Lipinski definition) is 1. The minimum Gasteiger partial charge on any atom is -0.478 e. The molecule has 1 N–H and O–H groups in total. The molecule has 0 unspecified atom stereocenters.